The van der Waals surface area contributed by atoms with Gasteiger partial charge in [-0.25, -0.2) is 0 Å². The Labute approximate surface area is 154 Å². The Morgan fingerprint density at radius 3 is 2.83 bits per heavy atom. The molecule has 0 aromatic heterocycles. The molecule has 0 bridgehead atoms. The van der Waals surface area contributed by atoms with E-state index in [2.05, 4.69) is 32.0 Å². The van der Waals surface area contributed by atoms with Crippen molar-refractivity contribution < 1.29 is 22.0 Å². The molecule has 136 valence electrons. The van der Waals surface area contributed by atoms with Crippen LogP contribution in [0.15, 0.2) is 18.2 Å². The van der Waals surface area contributed by atoms with Crippen molar-refractivity contribution in [2.24, 2.45) is 5.41 Å². The summed E-state index contributed by atoms with van der Waals surface area (Å²) in [5, 5.41) is 0. The number of piperidine rings is 1. The van der Waals surface area contributed by atoms with E-state index in [-0.39, 0.29) is 12.4 Å². The molecule has 0 amide bonds. The van der Waals surface area contributed by atoms with Gasteiger partial charge in [-0.3, -0.25) is 0 Å². The number of rotatable bonds is 6. The first-order valence-corrected chi connectivity index (χ1v) is 9.58. The number of nitrogens with one attached hydrogen (secondary N) is 1. The molecular weight excluding hydrogens is 318 g/mol. The van der Waals surface area contributed by atoms with Crippen LogP contribution in [0.2, 0.25) is 0 Å². The molecule has 1 fully saturated rings. The highest BCUT2D eigenvalue weighted by atomic mass is 35.5. The maximum atomic E-state index is 5.53. The van der Waals surface area contributed by atoms with Crippen LogP contribution in [-0.2, 0) is 6.42 Å². The minimum absolute atomic E-state index is 0. The third-order valence-corrected chi connectivity index (χ3v) is 6.02. The number of unbranched alkanes of at least 4 members (excludes halogenated alkanes) is 1. The number of likely N-dealkylation sites (tertiary alicyclic amines) is 1. The standard InChI is InChI=1S/C21H33NO.ClH/c1-21(2)13-7-15-22(16-21)14-5-4-8-17-11-12-19-18(17)9-6-10-20(19)23-3;/h6,9-10,17H,4-5,7-8,11-16H2,1-3H3;1H. The summed E-state index contributed by atoms with van der Waals surface area (Å²) < 4.78 is 5.53. The molecule has 0 saturated carbocycles. The molecule has 3 rings (SSSR count). The van der Waals surface area contributed by atoms with Crippen LogP contribution in [0.4, 0.5) is 0 Å². The first-order chi connectivity index (χ1) is 11.1. The second-order valence-corrected chi connectivity index (χ2v) is 8.45. The lowest BCUT2D eigenvalue weighted by Gasteiger charge is -2.35. The maximum absolute atomic E-state index is 5.53. The average Bonchev–Trinajstić information content (AvgIpc) is 2.94. The number of hydrogen-bond donors (Lipinski definition) is 1. The number of benzene rings is 1. The summed E-state index contributed by atoms with van der Waals surface area (Å²) in [7, 11) is 1.80. The molecule has 1 aromatic rings. The molecule has 1 heterocycles. The third-order valence-electron chi connectivity index (χ3n) is 6.02. The van der Waals surface area contributed by atoms with E-state index in [4.69, 9.17) is 4.74 Å². The van der Waals surface area contributed by atoms with E-state index in [1.807, 2.05) is 4.90 Å². The fraction of sp³-hybridized carbons (Fsp3) is 0.714. The van der Waals surface area contributed by atoms with Gasteiger partial charge in [-0.15, -0.1) is 0 Å². The Kier molecular flexibility index (Phi) is 7.00. The quantitative estimate of drug-likeness (QED) is 0.741. The van der Waals surface area contributed by atoms with Crippen molar-refractivity contribution in [3.63, 3.8) is 0 Å². The predicted molar refractivity (Wildman–Crippen MR) is 96.5 cm³/mol. The van der Waals surface area contributed by atoms with Gasteiger partial charge in [-0.2, -0.15) is 0 Å². The van der Waals surface area contributed by atoms with Crippen LogP contribution in [0.3, 0.4) is 0 Å². The molecule has 2 nitrogen and oxygen atoms in total. The monoisotopic (exact) mass is 351 g/mol. The van der Waals surface area contributed by atoms with E-state index in [9.17, 15) is 0 Å². The van der Waals surface area contributed by atoms with Crippen LogP contribution in [0.1, 0.15) is 69.4 Å². The minimum atomic E-state index is 0. The Balaban J connectivity index is 0.00000208. The number of methoxy groups -OCH3 is 1. The lowest BCUT2D eigenvalue weighted by molar-refractivity contribution is -0.912. The van der Waals surface area contributed by atoms with Gasteiger partial charge in [-0.05, 0) is 68.1 Å². The van der Waals surface area contributed by atoms with Gasteiger partial charge in [-0.1, -0.05) is 26.0 Å². The zero-order valence-corrected chi connectivity index (χ0v) is 16.4. The van der Waals surface area contributed by atoms with Crippen molar-refractivity contribution in [1.29, 1.82) is 0 Å². The number of quaternary nitrogens is 1. The van der Waals surface area contributed by atoms with Gasteiger partial charge >= 0.3 is 0 Å². The van der Waals surface area contributed by atoms with Gasteiger partial charge in [0.25, 0.3) is 0 Å². The van der Waals surface area contributed by atoms with Crippen molar-refractivity contribution >= 4 is 0 Å². The normalized spacial score (nSPS) is 25.0. The van der Waals surface area contributed by atoms with Gasteiger partial charge in [0.15, 0.2) is 0 Å². The van der Waals surface area contributed by atoms with Crippen LogP contribution < -0.4 is 22.0 Å². The summed E-state index contributed by atoms with van der Waals surface area (Å²) >= 11 is 0. The zero-order chi connectivity index (χ0) is 16.3. The van der Waals surface area contributed by atoms with E-state index in [1.54, 1.807) is 12.7 Å². The SMILES string of the molecule is COc1cccc2c1CCC2CCCC[NH+]1CCCC(C)(C)C1.[Cl-]. The molecule has 1 aliphatic heterocycles. The van der Waals surface area contributed by atoms with Gasteiger partial charge in [0.1, 0.15) is 5.75 Å². The highest BCUT2D eigenvalue weighted by molar-refractivity contribution is 5.45. The topological polar surface area (TPSA) is 13.7 Å². The van der Waals surface area contributed by atoms with Crippen molar-refractivity contribution in [3.05, 3.63) is 29.3 Å². The molecule has 0 radical (unpaired) electrons. The molecule has 2 aliphatic rings. The Hall–Kier alpha value is -0.730. The number of hydrogen-bond acceptors (Lipinski definition) is 1. The summed E-state index contributed by atoms with van der Waals surface area (Å²) in [5.41, 5.74) is 3.60. The molecule has 24 heavy (non-hydrogen) atoms. The molecule has 3 heteroatoms. The van der Waals surface area contributed by atoms with Crippen molar-refractivity contribution in [2.75, 3.05) is 26.7 Å². The smallest absolute Gasteiger partial charge is 0.122 e. The van der Waals surface area contributed by atoms with Crippen molar-refractivity contribution in [3.8, 4) is 5.75 Å². The third kappa shape index (κ3) is 4.67. The van der Waals surface area contributed by atoms with Gasteiger partial charge in [0, 0.05) is 5.41 Å². The van der Waals surface area contributed by atoms with E-state index in [0.717, 1.165) is 11.7 Å². The van der Waals surface area contributed by atoms with Crippen LogP contribution in [0.25, 0.3) is 0 Å². The number of halogens is 1. The Morgan fingerprint density at radius 2 is 2.08 bits per heavy atom. The van der Waals surface area contributed by atoms with Crippen molar-refractivity contribution in [2.45, 2.75) is 64.7 Å². The Bertz CT molecular complexity index is 529. The zero-order valence-electron chi connectivity index (χ0n) is 15.7. The predicted octanol–water partition coefficient (Wildman–Crippen LogP) is 0.604. The molecule has 1 N–H and O–H groups in total. The van der Waals surface area contributed by atoms with Crippen LogP contribution in [0, 0.1) is 5.41 Å². The molecule has 1 saturated heterocycles. The van der Waals surface area contributed by atoms with E-state index in [1.165, 1.54) is 70.1 Å². The Morgan fingerprint density at radius 1 is 1.25 bits per heavy atom. The highest BCUT2D eigenvalue weighted by Crippen LogP contribution is 2.40. The molecule has 2 unspecified atom stereocenters. The fourth-order valence-corrected chi connectivity index (χ4v) is 4.85. The van der Waals surface area contributed by atoms with Gasteiger partial charge < -0.3 is 22.0 Å². The summed E-state index contributed by atoms with van der Waals surface area (Å²) in [5.74, 6) is 1.87. The van der Waals surface area contributed by atoms with Crippen LogP contribution in [-0.4, -0.2) is 26.7 Å². The van der Waals surface area contributed by atoms with E-state index >= 15 is 0 Å². The van der Waals surface area contributed by atoms with E-state index in [0.29, 0.717) is 5.41 Å². The first-order valence-electron chi connectivity index (χ1n) is 9.58. The van der Waals surface area contributed by atoms with Crippen LogP contribution in [0.5, 0.6) is 5.75 Å². The highest BCUT2D eigenvalue weighted by Gasteiger charge is 2.29. The first kappa shape index (κ1) is 19.6. The fourth-order valence-electron chi connectivity index (χ4n) is 4.85. The maximum Gasteiger partial charge on any atom is 0.122 e. The van der Waals surface area contributed by atoms with E-state index < -0.39 is 0 Å². The number of ether oxygens (including phenoxy) is 1. The number of fused-ring (bicyclic) bond motifs is 1. The lowest BCUT2D eigenvalue weighted by Crippen LogP contribution is -3.14. The van der Waals surface area contributed by atoms with Gasteiger partial charge in [0.2, 0.25) is 0 Å². The molecule has 1 aromatic carbocycles. The average molecular weight is 352 g/mol. The largest absolute Gasteiger partial charge is 1.00 e. The molecule has 2 atom stereocenters. The molecular formula is C21H34ClNO. The second kappa shape index (κ2) is 8.58. The summed E-state index contributed by atoms with van der Waals surface area (Å²) in [6.07, 6.45) is 9.48. The second-order valence-electron chi connectivity index (χ2n) is 8.45. The lowest BCUT2D eigenvalue weighted by atomic mass is 9.84. The summed E-state index contributed by atoms with van der Waals surface area (Å²) in [6, 6.07) is 6.60. The minimum Gasteiger partial charge on any atom is -1.00 e. The van der Waals surface area contributed by atoms with Gasteiger partial charge in [0.05, 0.1) is 26.7 Å². The van der Waals surface area contributed by atoms with Crippen LogP contribution >= 0.6 is 0 Å². The molecule has 0 spiro atoms. The summed E-state index contributed by atoms with van der Waals surface area (Å²) in [6.45, 7) is 9.02. The molecule has 1 aliphatic carbocycles. The van der Waals surface area contributed by atoms with Crippen molar-refractivity contribution in [1.82, 2.24) is 0 Å². The summed E-state index contributed by atoms with van der Waals surface area (Å²) in [4.78, 5) is 1.84.